The maximum atomic E-state index is 12.9. The molecule has 36 heavy (non-hydrogen) atoms. The van der Waals surface area contributed by atoms with Crippen LogP contribution in [0.2, 0.25) is 0 Å². The fourth-order valence-corrected chi connectivity index (χ4v) is 5.00. The molecule has 0 unspecified atom stereocenters. The third-order valence-corrected chi connectivity index (χ3v) is 7.38. The van der Waals surface area contributed by atoms with Gasteiger partial charge >= 0.3 is 5.97 Å². The standard InChI is InChI=1S/C25H24Cl2N2O7/c1-34-15-7-8-21(35-2)20(9-15)28-22(30)12-36-25(33)13-3-5-14(6-4-13)29-23(31)16-10-18(26)19(27)11-17(16)24(29)32/h3-9,16-19H,10-12H2,1-2H3,(H,28,30)/t16-,17+,18-,19-/m0/s1. The molecule has 190 valence electrons. The number of benzene rings is 2. The molecule has 1 saturated heterocycles. The SMILES string of the molecule is COc1ccc(OC)c(NC(=O)COC(=O)c2ccc(N3C(=O)[C@H]4C[C@H](Cl)[C@@H](Cl)C[C@H]4C3=O)cc2)c1. The van der Waals surface area contributed by atoms with Crippen LogP contribution in [0.3, 0.4) is 0 Å². The summed E-state index contributed by atoms with van der Waals surface area (Å²) in [4.78, 5) is 51.6. The van der Waals surface area contributed by atoms with Gasteiger partial charge < -0.3 is 19.5 Å². The minimum absolute atomic E-state index is 0.156. The third kappa shape index (κ3) is 5.12. The number of ether oxygens (including phenoxy) is 3. The van der Waals surface area contributed by atoms with Crippen molar-refractivity contribution in [2.24, 2.45) is 11.8 Å². The summed E-state index contributed by atoms with van der Waals surface area (Å²) < 4.78 is 15.4. The molecule has 0 spiro atoms. The summed E-state index contributed by atoms with van der Waals surface area (Å²) in [6.45, 7) is -0.535. The van der Waals surface area contributed by atoms with Gasteiger partial charge in [0, 0.05) is 6.07 Å². The largest absolute Gasteiger partial charge is 0.497 e. The summed E-state index contributed by atoms with van der Waals surface area (Å²) in [5.74, 6) is -2.02. The second-order valence-corrected chi connectivity index (χ2v) is 9.59. The topological polar surface area (TPSA) is 111 Å². The molecule has 9 nitrogen and oxygen atoms in total. The lowest BCUT2D eigenvalue weighted by Gasteiger charge is -2.28. The number of hydrogen-bond acceptors (Lipinski definition) is 7. The molecular formula is C25H24Cl2N2O7. The average molecular weight is 535 g/mol. The van der Waals surface area contributed by atoms with Crippen molar-refractivity contribution in [3.05, 3.63) is 48.0 Å². The molecule has 0 aromatic heterocycles. The Labute approximate surface area is 217 Å². The zero-order chi connectivity index (χ0) is 26.0. The van der Waals surface area contributed by atoms with Crippen LogP contribution in [0.5, 0.6) is 11.5 Å². The number of hydrogen-bond donors (Lipinski definition) is 1. The zero-order valence-corrected chi connectivity index (χ0v) is 21.0. The molecule has 1 N–H and O–H groups in total. The molecule has 2 aliphatic rings. The predicted molar refractivity (Wildman–Crippen MR) is 133 cm³/mol. The Morgan fingerprint density at radius 2 is 1.56 bits per heavy atom. The van der Waals surface area contributed by atoms with Gasteiger partial charge in [0.05, 0.1) is 53.7 Å². The van der Waals surface area contributed by atoms with E-state index in [2.05, 4.69) is 5.32 Å². The highest BCUT2D eigenvalue weighted by Gasteiger charge is 2.52. The first-order valence-electron chi connectivity index (χ1n) is 11.2. The fraction of sp³-hybridized carbons (Fsp3) is 0.360. The Hall–Kier alpha value is -3.30. The smallest absolute Gasteiger partial charge is 0.338 e. The van der Waals surface area contributed by atoms with Gasteiger partial charge in [-0.1, -0.05) is 0 Å². The minimum atomic E-state index is -0.739. The normalized spacial score (nSPS) is 23.2. The summed E-state index contributed by atoms with van der Waals surface area (Å²) in [6.07, 6.45) is 0.686. The first-order valence-corrected chi connectivity index (χ1v) is 12.1. The third-order valence-electron chi connectivity index (χ3n) is 6.29. The number of anilines is 2. The summed E-state index contributed by atoms with van der Waals surface area (Å²) >= 11 is 12.4. The van der Waals surface area contributed by atoms with Crippen molar-refractivity contribution in [3.63, 3.8) is 0 Å². The molecule has 1 aliphatic heterocycles. The van der Waals surface area contributed by atoms with Crippen molar-refractivity contribution in [1.82, 2.24) is 0 Å². The lowest BCUT2D eigenvalue weighted by atomic mass is 9.80. The highest BCUT2D eigenvalue weighted by Crippen LogP contribution is 2.43. The van der Waals surface area contributed by atoms with Crippen molar-refractivity contribution in [1.29, 1.82) is 0 Å². The minimum Gasteiger partial charge on any atom is -0.497 e. The van der Waals surface area contributed by atoms with Crippen molar-refractivity contribution in [2.75, 3.05) is 31.0 Å². The number of carbonyl (C=O) groups excluding carboxylic acids is 4. The van der Waals surface area contributed by atoms with Crippen LogP contribution in [0.15, 0.2) is 42.5 Å². The quantitative estimate of drug-likeness (QED) is 0.328. The van der Waals surface area contributed by atoms with Crippen LogP contribution < -0.4 is 19.7 Å². The van der Waals surface area contributed by atoms with Gasteiger partial charge in [0.25, 0.3) is 5.91 Å². The second kappa shape index (κ2) is 10.8. The maximum Gasteiger partial charge on any atom is 0.338 e. The van der Waals surface area contributed by atoms with Gasteiger partial charge in [-0.05, 0) is 49.2 Å². The van der Waals surface area contributed by atoms with Crippen LogP contribution in [0.4, 0.5) is 11.4 Å². The molecule has 2 fully saturated rings. The number of methoxy groups -OCH3 is 2. The van der Waals surface area contributed by atoms with Crippen LogP contribution in [0, 0.1) is 11.8 Å². The Kier molecular flexibility index (Phi) is 7.70. The predicted octanol–water partition coefficient (Wildman–Crippen LogP) is 3.61. The summed E-state index contributed by atoms with van der Waals surface area (Å²) in [7, 11) is 2.95. The zero-order valence-electron chi connectivity index (χ0n) is 19.5. The fourth-order valence-electron chi connectivity index (χ4n) is 4.41. The molecule has 4 atom stereocenters. The lowest BCUT2D eigenvalue weighted by molar-refractivity contribution is -0.122. The molecule has 4 rings (SSSR count). The number of amides is 3. The van der Waals surface area contributed by atoms with Gasteiger partial charge in [0.15, 0.2) is 6.61 Å². The van der Waals surface area contributed by atoms with E-state index >= 15 is 0 Å². The van der Waals surface area contributed by atoms with Crippen molar-refractivity contribution in [3.8, 4) is 11.5 Å². The van der Waals surface area contributed by atoms with Gasteiger partial charge in [-0.3, -0.25) is 19.3 Å². The Morgan fingerprint density at radius 1 is 0.944 bits per heavy atom. The van der Waals surface area contributed by atoms with Crippen LogP contribution >= 0.6 is 23.2 Å². The van der Waals surface area contributed by atoms with E-state index in [1.165, 1.54) is 38.5 Å². The number of fused-ring (bicyclic) bond motifs is 1. The summed E-state index contributed by atoms with van der Waals surface area (Å²) in [5, 5.41) is 1.87. The second-order valence-electron chi connectivity index (χ2n) is 8.47. The first-order chi connectivity index (χ1) is 17.2. The molecule has 1 aliphatic carbocycles. The van der Waals surface area contributed by atoms with E-state index in [0.29, 0.717) is 35.7 Å². The van der Waals surface area contributed by atoms with Crippen molar-refractivity contribution < 1.29 is 33.4 Å². The van der Waals surface area contributed by atoms with E-state index in [4.69, 9.17) is 37.4 Å². The highest BCUT2D eigenvalue weighted by molar-refractivity contribution is 6.31. The van der Waals surface area contributed by atoms with E-state index in [1.54, 1.807) is 18.2 Å². The van der Waals surface area contributed by atoms with Gasteiger partial charge in [0.1, 0.15) is 11.5 Å². The van der Waals surface area contributed by atoms with Gasteiger partial charge in [-0.15, -0.1) is 23.2 Å². The Balaban J connectivity index is 1.37. The summed E-state index contributed by atoms with van der Waals surface area (Å²) in [6, 6.07) is 10.7. The monoisotopic (exact) mass is 534 g/mol. The van der Waals surface area contributed by atoms with Crippen molar-refractivity contribution >= 4 is 58.3 Å². The number of rotatable bonds is 7. The van der Waals surface area contributed by atoms with E-state index in [9.17, 15) is 19.2 Å². The van der Waals surface area contributed by atoms with Crippen LogP contribution in [-0.2, 0) is 19.1 Å². The van der Waals surface area contributed by atoms with Crippen LogP contribution in [-0.4, -0.2) is 55.3 Å². The highest BCUT2D eigenvalue weighted by atomic mass is 35.5. The Bertz CT molecular complexity index is 1160. The van der Waals surface area contributed by atoms with Crippen LogP contribution in [0.1, 0.15) is 23.2 Å². The number of imide groups is 1. The number of carbonyl (C=O) groups is 4. The number of nitrogens with zero attached hydrogens (tertiary/aromatic N) is 1. The van der Waals surface area contributed by atoms with Crippen molar-refractivity contribution in [2.45, 2.75) is 23.6 Å². The molecular weight excluding hydrogens is 511 g/mol. The van der Waals surface area contributed by atoms with Gasteiger partial charge in [-0.25, -0.2) is 4.79 Å². The lowest BCUT2D eigenvalue weighted by Crippen LogP contribution is -2.34. The molecule has 2 aromatic carbocycles. The van der Waals surface area contributed by atoms with Gasteiger partial charge in [-0.2, -0.15) is 0 Å². The molecule has 1 saturated carbocycles. The molecule has 1 heterocycles. The molecule has 11 heteroatoms. The van der Waals surface area contributed by atoms with E-state index in [0.717, 1.165) is 4.90 Å². The molecule has 0 radical (unpaired) electrons. The first kappa shape index (κ1) is 25.8. The van der Waals surface area contributed by atoms with Gasteiger partial charge in [0.2, 0.25) is 11.8 Å². The maximum absolute atomic E-state index is 12.9. The number of nitrogens with one attached hydrogen (secondary N) is 1. The molecule has 3 amide bonds. The number of alkyl halides is 2. The average Bonchev–Trinajstić information content (AvgIpc) is 3.11. The van der Waals surface area contributed by atoms with Crippen LogP contribution in [0.25, 0.3) is 0 Å². The summed E-state index contributed by atoms with van der Waals surface area (Å²) in [5.41, 5.74) is 0.864. The Morgan fingerprint density at radius 3 is 2.11 bits per heavy atom. The van der Waals surface area contributed by atoms with E-state index in [1.807, 2.05) is 0 Å². The molecule has 2 aromatic rings. The number of halogens is 2. The van der Waals surface area contributed by atoms with E-state index in [-0.39, 0.29) is 28.1 Å². The molecule has 0 bridgehead atoms. The number of esters is 1. The van der Waals surface area contributed by atoms with E-state index < -0.39 is 30.3 Å².